The Balaban J connectivity index is 1.86. The number of nitriles is 1. The zero-order chi connectivity index (χ0) is 26.5. The Morgan fingerprint density at radius 2 is 1.31 bits per heavy atom. The normalized spacial score (nSPS) is 17.9. The van der Waals surface area contributed by atoms with E-state index < -0.39 is 41.1 Å². The van der Waals surface area contributed by atoms with E-state index >= 15 is 0 Å². The van der Waals surface area contributed by atoms with Crippen molar-refractivity contribution in [2.24, 2.45) is 0 Å². The third-order valence-electron chi connectivity index (χ3n) is 6.16. The SMILES string of the molecule is CC1(C)[C@@H](c2cccc(C#N)c2)N(c2ccc(C(F)(F)F)cc2)C(=O)N1c1ccc(C(F)(F)F)cc1. The van der Waals surface area contributed by atoms with Crippen LogP contribution in [0, 0.1) is 11.3 Å². The Hall–Kier alpha value is -4.00. The van der Waals surface area contributed by atoms with Crippen molar-refractivity contribution in [2.75, 3.05) is 9.80 Å². The summed E-state index contributed by atoms with van der Waals surface area (Å²) in [4.78, 5) is 16.4. The number of nitrogens with zero attached hydrogens (tertiary/aromatic N) is 3. The van der Waals surface area contributed by atoms with Crippen LogP contribution < -0.4 is 9.80 Å². The molecule has 0 unspecified atom stereocenters. The van der Waals surface area contributed by atoms with Gasteiger partial charge in [0.05, 0.1) is 34.3 Å². The number of carbonyl (C=O) groups excluding carboxylic acids is 1. The lowest BCUT2D eigenvalue weighted by Gasteiger charge is -2.35. The number of amides is 2. The highest BCUT2D eigenvalue weighted by Gasteiger charge is 2.53. The molecule has 3 aromatic rings. The summed E-state index contributed by atoms with van der Waals surface area (Å²) >= 11 is 0. The van der Waals surface area contributed by atoms with Gasteiger partial charge in [-0.3, -0.25) is 9.80 Å². The summed E-state index contributed by atoms with van der Waals surface area (Å²) in [6.45, 7) is 3.41. The van der Waals surface area contributed by atoms with E-state index in [-0.39, 0.29) is 11.4 Å². The zero-order valence-corrected chi connectivity index (χ0v) is 19.0. The van der Waals surface area contributed by atoms with Gasteiger partial charge in [-0.2, -0.15) is 31.6 Å². The van der Waals surface area contributed by atoms with Crippen LogP contribution in [0.3, 0.4) is 0 Å². The highest BCUT2D eigenvalue weighted by atomic mass is 19.4. The first-order chi connectivity index (χ1) is 16.7. The zero-order valence-electron chi connectivity index (χ0n) is 19.0. The molecule has 0 radical (unpaired) electrons. The van der Waals surface area contributed by atoms with Crippen LogP contribution in [-0.2, 0) is 12.4 Å². The largest absolute Gasteiger partial charge is 0.416 e. The summed E-state index contributed by atoms with van der Waals surface area (Å²) < 4.78 is 78.6. The van der Waals surface area contributed by atoms with Crippen LogP contribution in [-0.4, -0.2) is 11.6 Å². The van der Waals surface area contributed by atoms with Gasteiger partial charge in [-0.05, 0) is 80.1 Å². The Bertz CT molecular complexity index is 1320. The standard InChI is InChI=1S/C26H19F6N3O/c1-24(2)22(17-5-3-4-16(14-17)15-33)34(20-10-6-18(7-11-20)25(27,28)29)23(36)35(24)21-12-8-19(9-13-21)26(30,31)32/h3-14,22H,1-2H3/t22-/m1/s1. The quantitative estimate of drug-likeness (QED) is 0.346. The summed E-state index contributed by atoms with van der Waals surface area (Å²) in [6, 6.07) is 15.2. The van der Waals surface area contributed by atoms with Crippen LogP contribution in [0.1, 0.15) is 42.1 Å². The molecule has 2 amide bonds. The van der Waals surface area contributed by atoms with Crippen LogP contribution in [0.15, 0.2) is 72.8 Å². The third-order valence-corrected chi connectivity index (χ3v) is 6.16. The fourth-order valence-electron chi connectivity index (χ4n) is 4.55. The maximum absolute atomic E-state index is 13.8. The molecule has 3 aromatic carbocycles. The third kappa shape index (κ3) is 4.37. The number of rotatable bonds is 3. The van der Waals surface area contributed by atoms with E-state index in [1.807, 2.05) is 6.07 Å². The van der Waals surface area contributed by atoms with Gasteiger partial charge in [0.15, 0.2) is 0 Å². The smallest absolute Gasteiger partial charge is 0.286 e. The molecule has 0 aliphatic carbocycles. The van der Waals surface area contributed by atoms with Crippen molar-refractivity contribution >= 4 is 17.4 Å². The van der Waals surface area contributed by atoms with Gasteiger partial charge < -0.3 is 0 Å². The molecule has 1 aliphatic heterocycles. The number of anilines is 2. The van der Waals surface area contributed by atoms with Gasteiger partial charge >= 0.3 is 18.4 Å². The molecule has 10 heteroatoms. The first kappa shape index (κ1) is 25.1. The highest BCUT2D eigenvalue weighted by molar-refractivity contribution is 6.08. The van der Waals surface area contributed by atoms with Gasteiger partial charge in [0.1, 0.15) is 0 Å². The second kappa shape index (κ2) is 8.59. The van der Waals surface area contributed by atoms with E-state index in [9.17, 15) is 36.4 Å². The Morgan fingerprint density at radius 3 is 1.78 bits per heavy atom. The molecule has 0 aromatic heterocycles. The van der Waals surface area contributed by atoms with E-state index in [0.717, 1.165) is 24.3 Å². The van der Waals surface area contributed by atoms with Gasteiger partial charge in [0.25, 0.3) is 0 Å². The average Bonchev–Trinajstić information content (AvgIpc) is 3.02. The van der Waals surface area contributed by atoms with Gasteiger partial charge in [-0.25, -0.2) is 4.79 Å². The number of urea groups is 1. The fraction of sp³-hybridized carbons (Fsp3) is 0.231. The molecule has 1 fully saturated rings. The predicted molar refractivity (Wildman–Crippen MR) is 121 cm³/mol. The van der Waals surface area contributed by atoms with Crippen molar-refractivity contribution < 1.29 is 31.1 Å². The first-order valence-corrected chi connectivity index (χ1v) is 10.7. The Kier molecular flexibility index (Phi) is 5.99. The van der Waals surface area contributed by atoms with Crippen molar-refractivity contribution in [3.63, 3.8) is 0 Å². The maximum Gasteiger partial charge on any atom is 0.416 e. The minimum atomic E-state index is -4.57. The van der Waals surface area contributed by atoms with Crippen LogP contribution in [0.5, 0.6) is 0 Å². The molecule has 4 rings (SSSR count). The number of hydrogen-bond donors (Lipinski definition) is 0. The molecule has 0 bridgehead atoms. The molecule has 1 saturated heterocycles. The van der Waals surface area contributed by atoms with Crippen molar-refractivity contribution in [3.05, 3.63) is 95.1 Å². The second-order valence-electron chi connectivity index (χ2n) is 8.87. The van der Waals surface area contributed by atoms with Crippen LogP contribution in [0.25, 0.3) is 0 Å². The van der Waals surface area contributed by atoms with E-state index in [4.69, 9.17) is 0 Å². The van der Waals surface area contributed by atoms with Crippen LogP contribution >= 0.6 is 0 Å². The number of carbonyl (C=O) groups is 1. The molecule has 0 saturated carbocycles. The molecular formula is C26H19F6N3O. The van der Waals surface area contributed by atoms with Crippen LogP contribution in [0.4, 0.5) is 42.5 Å². The van der Waals surface area contributed by atoms with E-state index in [0.29, 0.717) is 11.1 Å². The maximum atomic E-state index is 13.8. The summed E-state index contributed by atoms with van der Waals surface area (Å²) in [5.41, 5.74) is -1.63. The number of benzene rings is 3. The highest BCUT2D eigenvalue weighted by Crippen LogP contribution is 2.48. The second-order valence-corrected chi connectivity index (χ2v) is 8.87. The van der Waals surface area contributed by atoms with Crippen molar-refractivity contribution in [1.82, 2.24) is 0 Å². The van der Waals surface area contributed by atoms with E-state index in [1.165, 1.54) is 34.1 Å². The van der Waals surface area contributed by atoms with E-state index in [2.05, 4.69) is 0 Å². The lowest BCUT2D eigenvalue weighted by atomic mass is 9.87. The molecular weight excluding hydrogens is 484 g/mol. The van der Waals surface area contributed by atoms with Crippen LogP contribution in [0.2, 0.25) is 0 Å². The number of halogens is 6. The average molecular weight is 503 g/mol. The predicted octanol–water partition coefficient (Wildman–Crippen LogP) is 7.56. The fourth-order valence-corrected chi connectivity index (χ4v) is 4.55. The number of alkyl halides is 6. The minimum absolute atomic E-state index is 0.169. The first-order valence-electron chi connectivity index (χ1n) is 10.7. The molecule has 1 aliphatic rings. The topological polar surface area (TPSA) is 47.3 Å². The molecule has 0 spiro atoms. The molecule has 4 nitrogen and oxygen atoms in total. The van der Waals surface area contributed by atoms with Crippen molar-refractivity contribution in [3.8, 4) is 6.07 Å². The molecule has 1 atom stereocenters. The van der Waals surface area contributed by atoms with Gasteiger partial charge in [0.2, 0.25) is 0 Å². The lowest BCUT2D eigenvalue weighted by Crippen LogP contribution is -2.43. The summed E-state index contributed by atoms with van der Waals surface area (Å²) in [5, 5.41) is 9.36. The van der Waals surface area contributed by atoms with Gasteiger partial charge in [-0.15, -0.1) is 0 Å². The molecule has 1 heterocycles. The summed E-state index contributed by atoms with van der Waals surface area (Å²) in [5.74, 6) is 0. The summed E-state index contributed by atoms with van der Waals surface area (Å²) in [6.07, 6.45) is -9.13. The Morgan fingerprint density at radius 1 is 0.806 bits per heavy atom. The molecule has 186 valence electrons. The molecule has 36 heavy (non-hydrogen) atoms. The summed E-state index contributed by atoms with van der Waals surface area (Å²) in [7, 11) is 0. The van der Waals surface area contributed by atoms with Crippen molar-refractivity contribution in [1.29, 1.82) is 5.26 Å². The minimum Gasteiger partial charge on any atom is -0.286 e. The monoisotopic (exact) mass is 503 g/mol. The number of hydrogen-bond acceptors (Lipinski definition) is 2. The Labute approximate surface area is 203 Å². The molecule has 0 N–H and O–H groups in total. The van der Waals surface area contributed by atoms with Gasteiger partial charge in [-0.1, -0.05) is 12.1 Å². The lowest BCUT2D eigenvalue weighted by molar-refractivity contribution is -0.138. The van der Waals surface area contributed by atoms with E-state index in [1.54, 1.807) is 38.1 Å². The van der Waals surface area contributed by atoms with Crippen molar-refractivity contribution in [2.45, 2.75) is 37.8 Å². The van der Waals surface area contributed by atoms with Gasteiger partial charge in [0, 0.05) is 11.4 Å².